The molecule has 0 bridgehead atoms. The van der Waals surface area contributed by atoms with Gasteiger partial charge >= 0.3 is 12.0 Å². The number of ether oxygens (including phenoxy) is 12. The summed E-state index contributed by atoms with van der Waals surface area (Å²) >= 11 is 1.90. The molecule has 4 N–H and O–H groups in total. The van der Waals surface area contributed by atoms with Crippen LogP contribution in [0, 0.1) is 0 Å². The van der Waals surface area contributed by atoms with Gasteiger partial charge in [-0.25, -0.2) is 4.79 Å². The van der Waals surface area contributed by atoms with Crippen molar-refractivity contribution in [2.24, 2.45) is 0 Å². The Balaban J connectivity index is 1.14. The zero-order valence-electron chi connectivity index (χ0n) is 33.6. The van der Waals surface area contributed by atoms with Crippen LogP contribution in [0.5, 0.6) is 0 Å². The number of aliphatic carboxylic acids is 1. The number of unbranched alkanes of at least 4 members (excludes halogenated alkanes) is 1. The number of hydrogen-bond acceptors (Lipinski definition) is 16. The molecule has 2 aliphatic heterocycles. The molecule has 3 unspecified atom stereocenters. The van der Waals surface area contributed by atoms with Gasteiger partial charge in [0.1, 0.15) is 0 Å². The molecule has 2 saturated heterocycles. The molecule has 19 nitrogen and oxygen atoms in total. The fourth-order valence-corrected chi connectivity index (χ4v) is 6.85. The number of rotatable bonds is 44. The first kappa shape index (κ1) is 51.2. The average molecular weight is 844 g/mol. The Labute approximate surface area is 341 Å². The van der Waals surface area contributed by atoms with E-state index in [2.05, 4.69) is 16.0 Å². The van der Waals surface area contributed by atoms with Gasteiger partial charge in [-0.05, 0) is 12.8 Å². The minimum absolute atomic E-state index is 0.00775. The van der Waals surface area contributed by atoms with Crippen LogP contribution in [0.25, 0.3) is 0 Å². The van der Waals surface area contributed by atoms with Crippen LogP contribution < -0.4 is 16.0 Å². The highest BCUT2D eigenvalue weighted by molar-refractivity contribution is 8.00. The molecule has 2 fully saturated rings. The maximum Gasteiger partial charge on any atom is 0.315 e. The van der Waals surface area contributed by atoms with Crippen molar-refractivity contribution < 1.29 is 76.3 Å². The van der Waals surface area contributed by atoms with Crippen LogP contribution in [-0.2, 0) is 66.4 Å². The van der Waals surface area contributed by atoms with Gasteiger partial charge in [-0.15, -0.1) is 0 Å². The van der Waals surface area contributed by atoms with Crippen LogP contribution in [0.3, 0.4) is 0 Å². The molecule has 0 spiro atoms. The molecule has 3 amide bonds. The Morgan fingerprint density at radius 3 is 1.28 bits per heavy atom. The Bertz CT molecular complexity index is 978. The summed E-state index contributed by atoms with van der Waals surface area (Å²) in [5.41, 5.74) is 0. The van der Waals surface area contributed by atoms with E-state index in [4.69, 9.17) is 61.9 Å². The second-order valence-corrected chi connectivity index (χ2v) is 14.0. The number of amides is 3. The third kappa shape index (κ3) is 31.6. The van der Waals surface area contributed by atoms with E-state index < -0.39 is 5.97 Å². The SMILES string of the molecule is O=C(O)CCOCCOCCOCCOCCOCCOCCOCCOCCOCCOCCOCCOCCNC(=O)CCCCC1SCC2NC(=O)NC21. The third-order valence-corrected chi connectivity index (χ3v) is 9.71. The zero-order chi connectivity index (χ0) is 40.7. The largest absolute Gasteiger partial charge is 0.481 e. The number of carbonyl (C=O) groups excluding carboxylic acids is 2. The van der Waals surface area contributed by atoms with Gasteiger partial charge < -0.3 is 77.9 Å². The van der Waals surface area contributed by atoms with Crippen molar-refractivity contribution >= 4 is 29.7 Å². The normalized spacial score (nSPS) is 17.5. The second kappa shape index (κ2) is 38.3. The molecule has 0 radical (unpaired) electrons. The summed E-state index contributed by atoms with van der Waals surface area (Å²) < 4.78 is 65.2. The predicted octanol–water partition coefficient (Wildman–Crippen LogP) is 0.502. The van der Waals surface area contributed by atoms with Gasteiger partial charge in [0.15, 0.2) is 0 Å². The second-order valence-electron chi connectivity index (χ2n) is 12.7. The average Bonchev–Trinajstić information content (AvgIpc) is 3.76. The van der Waals surface area contributed by atoms with Gasteiger partial charge in [-0.1, -0.05) is 6.42 Å². The van der Waals surface area contributed by atoms with E-state index in [1.54, 1.807) is 0 Å². The number of carboxylic acids is 1. The highest BCUT2D eigenvalue weighted by Crippen LogP contribution is 2.33. The van der Waals surface area contributed by atoms with E-state index in [-0.39, 0.29) is 37.0 Å². The molecule has 2 aliphatic rings. The lowest BCUT2D eigenvalue weighted by Gasteiger charge is -2.16. The molecule has 334 valence electrons. The fourth-order valence-electron chi connectivity index (χ4n) is 5.31. The van der Waals surface area contributed by atoms with Gasteiger partial charge in [0.2, 0.25) is 5.91 Å². The maximum absolute atomic E-state index is 12.0. The van der Waals surface area contributed by atoms with Crippen LogP contribution in [0.2, 0.25) is 0 Å². The van der Waals surface area contributed by atoms with Crippen LogP contribution in [0.15, 0.2) is 0 Å². The standard InChI is InChI=1S/C37H69N3O16S/c41-34(4-2-1-3-33-36-32(31-57-33)39-37(44)40-36)38-6-8-46-10-12-48-14-16-50-18-20-52-22-24-54-26-28-56-30-29-55-27-25-53-23-21-51-19-17-49-15-13-47-11-9-45-7-5-35(42)43/h32-33,36H,1-31H2,(H,38,41)(H,42,43)(H2,39,40,44). The first-order valence-electron chi connectivity index (χ1n) is 20.2. The number of thioether (sulfide) groups is 1. The lowest BCUT2D eigenvalue weighted by molar-refractivity contribution is -0.138. The first-order valence-corrected chi connectivity index (χ1v) is 21.2. The van der Waals surface area contributed by atoms with Crippen molar-refractivity contribution in [3.05, 3.63) is 0 Å². The number of fused-ring (bicyclic) bond motifs is 1. The van der Waals surface area contributed by atoms with E-state index in [1.165, 1.54) is 0 Å². The van der Waals surface area contributed by atoms with Gasteiger partial charge in [0, 0.05) is 24.0 Å². The molecule has 0 aromatic rings. The quantitative estimate of drug-likeness (QED) is 0.0485. The Hall–Kier alpha value is -1.92. The number of hydrogen-bond donors (Lipinski definition) is 4. The zero-order valence-corrected chi connectivity index (χ0v) is 34.4. The Kier molecular flexibility index (Phi) is 34.4. The molecule has 57 heavy (non-hydrogen) atoms. The summed E-state index contributed by atoms with van der Waals surface area (Å²) in [6.07, 6.45) is 3.31. The summed E-state index contributed by atoms with van der Waals surface area (Å²) in [5, 5.41) is 17.8. The van der Waals surface area contributed by atoms with Crippen molar-refractivity contribution in [2.45, 2.75) is 49.4 Å². The predicted molar refractivity (Wildman–Crippen MR) is 209 cm³/mol. The molecular formula is C37H69N3O16S. The summed E-state index contributed by atoms with van der Waals surface area (Å²) in [6, 6.07) is 0.395. The number of carboxylic acid groups (broad SMARTS) is 1. The smallest absolute Gasteiger partial charge is 0.315 e. The number of urea groups is 1. The van der Waals surface area contributed by atoms with Crippen LogP contribution in [0.1, 0.15) is 32.1 Å². The van der Waals surface area contributed by atoms with Gasteiger partial charge in [-0.2, -0.15) is 11.8 Å². The third-order valence-electron chi connectivity index (χ3n) is 8.20. The van der Waals surface area contributed by atoms with Crippen LogP contribution in [-0.4, -0.2) is 211 Å². The monoisotopic (exact) mass is 843 g/mol. The van der Waals surface area contributed by atoms with Crippen LogP contribution >= 0.6 is 11.8 Å². The minimum Gasteiger partial charge on any atom is -0.481 e. The highest BCUT2D eigenvalue weighted by atomic mass is 32.2. The van der Waals surface area contributed by atoms with E-state index in [1.807, 2.05) is 11.8 Å². The summed E-state index contributed by atoms with van der Waals surface area (Å²) in [7, 11) is 0. The highest BCUT2D eigenvalue weighted by Gasteiger charge is 2.42. The summed E-state index contributed by atoms with van der Waals surface area (Å²) in [4.78, 5) is 33.9. The van der Waals surface area contributed by atoms with Crippen molar-refractivity contribution in [3.8, 4) is 0 Å². The maximum atomic E-state index is 12.0. The van der Waals surface area contributed by atoms with E-state index in [0.29, 0.717) is 170 Å². The molecule has 2 heterocycles. The van der Waals surface area contributed by atoms with E-state index >= 15 is 0 Å². The number of carbonyl (C=O) groups is 3. The lowest BCUT2D eigenvalue weighted by atomic mass is 10.0. The minimum atomic E-state index is -0.878. The first-order chi connectivity index (χ1) is 28.1. The van der Waals surface area contributed by atoms with Gasteiger partial charge in [0.25, 0.3) is 0 Å². The summed E-state index contributed by atoms with van der Waals surface area (Å²) in [5.74, 6) is 0.115. The van der Waals surface area contributed by atoms with Gasteiger partial charge in [-0.3, -0.25) is 9.59 Å². The Morgan fingerprint density at radius 1 is 0.526 bits per heavy atom. The molecule has 0 aliphatic carbocycles. The van der Waals surface area contributed by atoms with E-state index in [9.17, 15) is 14.4 Å². The van der Waals surface area contributed by atoms with Crippen molar-refractivity contribution in [1.29, 1.82) is 0 Å². The van der Waals surface area contributed by atoms with Crippen molar-refractivity contribution in [1.82, 2.24) is 16.0 Å². The molecule has 3 atom stereocenters. The lowest BCUT2D eigenvalue weighted by Crippen LogP contribution is -2.36. The van der Waals surface area contributed by atoms with Crippen molar-refractivity contribution in [3.63, 3.8) is 0 Å². The number of nitrogens with one attached hydrogen (secondary N) is 3. The van der Waals surface area contributed by atoms with Crippen LogP contribution in [0.4, 0.5) is 4.79 Å². The topological polar surface area (TPSA) is 218 Å². The molecule has 0 aromatic heterocycles. The summed E-state index contributed by atoms with van der Waals surface area (Å²) in [6.45, 7) is 11.3. The Morgan fingerprint density at radius 2 is 0.895 bits per heavy atom. The molecule has 20 heteroatoms. The van der Waals surface area contributed by atoms with E-state index in [0.717, 1.165) is 25.0 Å². The van der Waals surface area contributed by atoms with Crippen molar-refractivity contribution in [2.75, 3.05) is 171 Å². The molecule has 2 rings (SSSR count). The van der Waals surface area contributed by atoms with Gasteiger partial charge in [0.05, 0.1) is 177 Å². The molecular weight excluding hydrogens is 774 g/mol. The molecule has 0 saturated carbocycles. The molecule has 0 aromatic carbocycles. The fraction of sp³-hybridized carbons (Fsp3) is 0.919.